The van der Waals surface area contributed by atoms with E-state index in [2.05, 4.69) is 36.0 Å². The third kappa shape index (κ3) is 3.29. The summed E-state index contributed by atoms with van der Waals surface area (Å²) in [5.74, 6) is 0.794. The molecule has 3 rings (SSSR count). The van der Waals surface area contributed by atoms with Crippen LogP contribution in [0.1, 0.15) is 39.2 Å². The van der Waals surface area contributed by atoms with Crippen LogP contribution in [0.5, 0.6) is 5.75 Å². The van der Waals surface area contributed by atoms with E-state index in [0.717, 1.165) is 47.1 Å². The number of hydrogen-bond donors (Lipinski definition) is 2. The highest BCUT2D eigenvalue weighted by Crippen LogP contribution is 2.29. The fourth-order valence-corrected chi connectivity index (χ4v) is 2.86. The van der Waals surface area contributed by atoms with Crippen LogP contribution < -0.4 is 15.6 Å². The normalized spacial score (nSPS) is 18.1. The van der Waals surface area contributed by atoms with Gasteiger partial charge in [0.2, 0.25) is 0 Å². The SMILES string of the molecule is CCCCOc1ccc2cccc(/C=C3\C(=O)NNC3(C)C)c2c1. The molecule has 1 aliphatic heterocycles. The van der Waals surface area contributed by atoms with E-state index in [1.807, 2.05) is 38.1 Å². The average Bonchev–Trinajstić information content (AvgIpc) is 2.82. The summed E-state index contributed by atoms with van der Waals surface area (Å²) >= 11 is 0. The Bertz CT molecular complexity index is 793. The summed E-state index contributed by atoms with van der Waals surface area (Å²) in [6.45, 7) is 6.85. The number of carbonyl (C=O) groups excluding carboxylic acids is 1. The number of fused-ring (bicyclic) bond motifs is 1. The second-order valence-corrected chi connectivity index (χ2v) is 6.69. The molecular weight excluding hydrogens is 300 g/mol. The predicted molar refractivity (Wildman–Crippen MR) is 97.7 cm³/mol. The third-order valence-corrected chi connectivity index (χ3v) is 4.36. The molecule has 0 spiro atoms. The summed E-state index contributed by atoms with van der Waals surface area (Å²) in [7, 11) is 0. The first-order chi connectivity index (χ1) is 11.5. The molecule has 1 saturated heterocycles. The zero-order chi connectivity index (χ0) is 17.2. The van der Waals surface area contributed by atoms with E-state index in [1.165, 1.54) is 0 Å². The highest BCUT2D eigenvalue weighted by atomic mass is 16.5. The molecular formula is C20H24N2O2. The molecule has 1 amide bonds. The van der Waals surface area contributed by atoms with Gasteiger partial charge in [0.25, 0.3) is 5.91 Å². The van der Waals surface area contributed by atoms with Crippen molar-refractivity contribution in [2.75, 3.05) is 6.61 Å². The molecule has 2 N–H and O–H groups in total. The Labute approximate surface area is 142 Å². The van der Waals surface area contributed by atoms with Gasteiger partial charge in [-0.15, -0.1) is 0 Å². The molecule has 0 aromatic heterocycles. The van der Waals surface area contributed by atoms with Gasteiger partial charge in [0.05, 0.1) is 12.1 Å². The Morgan fingerprint density at radius 2 is 2.04 bits per heavy atom. The van der Waals surface area contributed by atoms with Crippen LogP contribution in [0.3, 0.4) is 0 Å². The lowest BCUT2D eigenvalue weighted by Gasteiger charge is -2.17. The van der Waals surface area contributed by atoms with E-state index in [0.29, 0.717) is 0 Å². The van der Waals surface area contributed by atoms with Crippen molar-refractivity contribution >= 4 is 22.8 Å². The highest BCUT2D eigenvalue weighted by molar-refractivity contribution is 6.04. The van der Waals surface area contributed by atoms with Crippen LogP contribution in [0.15, 0.2) is 42.0 Å². The molecule has 0 bridgehead atoms. The fraction of sp³-hybridized carbons (Fsp3) is 0.350. The van der Waals surface area contributed by atoms with E-state index in [4.69, 9.17) is 4.74 Å². The summed E-state index contributed by atoms with van der Waals surface area (Å²) in [6.07, 6.45) is 4.12. The number of rotatable bonds is 5. The zero-order valence-electron chi connectivity index (χ0n) is 14.5. The maximum atomic E-state index is 12.1. The first-order valence-electron chi connectivity index (χ1n) is 8.46. The molecule has 0 unspecified atom stereocenters. The number of carbonyl (C=O) groups is 1. The van der Waals surface area contributed by atoms with Crippen molar-refractivity contribution in [3.63, 3.8) is 0 Å². The van der Waals surface area contributed by atoms with Crippen molar-refractivity contribution in [3.05, 3.63) is 47.5 Å². The standard InChI is InChI=1S/C20H24N2O2/c1-4-5-11-24-16-10-9-14-7-6-8-15(17(14)13-16)12-18-19(23)21-22-20(18,2)3/h6-10,12-13,22H,4-5,11H2,1-3H3,(H,21,23)/b18-12+. The molecule has 4 heteroatoms. The number of ether oxygens (including phenoxy) is 1. The van der Waals surface area contributed by atoms with Crippen molar-refractivity contribution < 1.29 is 9.53 Å². The number of unbranched alkanes of at least 4 members (excludes halogenated alkanes) is 1. The highest BCUT2D eigenvalue weighted by Gasteiger charge is 2.34. The molecule has 1 aliphatic rings. The number of hydrogen-bond acceptors (Lipinski definition) is 3. The maximum absolute atomic E-state index is 12.1. The number of nitrogens with one attached hydrogen (secondary N) is 2. The Kier molecular flexibility index (Phi) is 4.58. The van der Waals surface area contributed by atoms with E-state index in [9.17, 15) is 4.79 Å². The molecule has 1 fully saturated rings. The topological polar surface area (TPSA) is 50.4 Å². The van der Waals surface area contributed by atoms with Crippen LogP contribution in [0.25, 0.3) is 16.8 Å². The van der Waals surface area contributed by atoms with Gasteiger partial charge >= 0.3 is 0 Å². The van der Waals surface area contributed by atoms with Crippen molar-refractivity contribution in [2.45, 2.75) is 39.2 Å². The van der Waals surface area contributed by atoms with Crippen LogP contribution in [0, 0.1) is 0 Å². The van der Waals surface area contributed by atoms with E-state index >= 15 is 0 Å². The minimum absolute atomic E-state index is 0.0765. The minimum atomic E-state index is -0.394. The first kappa shape index (κ1) is 16.5. The van der Waals surface area contributed by atoms with Crippen LogP contribution >= 0.6 is 0 Å². The van der Waals surface area contributed by atoms with Gasteiger partial charge in [-0.25, -0.2) is 5.43 Å². The van der Waals surface area contributed by atoms with Gasteiger partial charge in [-0.2, -0.15) is 0 Å². The summed E-state index contributed by atoms with van der Waals surface area (Å²) < 4.78 is 5.83. The van der Waals surface area contributed by atoms with Crippen LogP contribution in [-0.4, -0.2) is 18.1 Å². The van der Waals surface area contributed by atoms with Gasteiger partial charge in [-0.05, 0) is 54.8 Å². The molecule has 2 aromatic rings. The van der Waals surface area contributed by atoms with Crippen molar-refractivity contribution in [1.29, 1.82) is 0 Å². The number of hydrazine groups is 1. The van der Waals surface area contributed by atoms with Crippen LogP contribution in [-0.2, 0) is 4.79 Å². The second kappa shape index (κ2) is 6.65. The summed E-state index contributed by atoms with van der Waals surface area (Å²) in [5.41, 5.74) is 7.07. The van der Waals surface area contributed by atoms with Crippen molar-refractivity contribution in [3.8, 4) is 5.75 Å². The summed E-state index contributed by atoms with van der Waals surface area (Å²) in [5, 5.41) is 2.23. The van der Waals surface area contributed by atoms with Crippen LogP contribution in [0.4, 0.5) is 0 Å². The molecule has 126 valence electrons. The quantitative estimate of drug-likeness (QED) is 0.649. The van der Waals surface area contributed by atoms with Gasteiger partial charge in [0.1, 0.15) is 5.75 Å². The molecule has 24 heavy (non-hydrogen) atoms. The lowest BCUT2D eigenvalue weighted by Crippen LogP contribution is -2.38. The number of benzene rings is 2. The lowest BCUT2D eigenvalue weighted by molar-refractivity contribution is -0.116. The largest absolute Gasteiger partial charge is 0.494 e. The van der Waals surface area contributed by atoms with E-state index < -0.39 is 5.54 Å². The van der Waals surface area contributed by atoms with Gasteiger partial charge < -0.3 is 4.74 Å². The Balaban J connectivity index is 2.01. The molecule has 0 atom stereocenters. The Morgan fingerprint density at radius 3 is 2.75 bits per heavy atom. The molecule has 1 heterocycles. The molecule has 0 saturated carbocycles. The molecule has 0 radical (unpaired) electrons. The van der Waals surface area contributed by atoms with Gasteiger partial charge in [0, 0.05) is 5.57 Å². The zero-order valence-corrected chi connectivity index (χ0v) is 14.5. The molecule has 2 aromatic carbocycles. The average molecular weight is 324 g/mol. The fourth-order valence-electron chi connectivity index (χ4n) is 2.86. The first-order valence-corrected chi connectivity index (χ1v) is 8.46. The maximum Gasteiger partial charge on any atom is 0.263 e. The minimum Gasteiger partial charge on any atom is -0.494 e. The van der Waals surface area contributed by atoms with Gasteiger partial charge in [0.15, 0.2) is 0 Å². The molecule has 4 nitrogen and oxygen atoms in total. The van der Waals surface area contributed by atoms with Crippen LogP contribution in [0.2, 0.25) is 0 Å². The molecule has 0 aliphatic carbocycles. The van der Waals surface area contributed by atoms with Gasteiger partial charge in [-0.3, -0.25) is 10.2 Å². The Morgan fingerprint density at radius 1 is 1.21 bits per heavy atom. The Hall–Kier alpha value is -2.33. The van der Waals surface area contributed by atoms with E-state index in [-0.39, 0.29) is 5.91 Å². The smallest absolute Gasteiger partial charge is 0.263 e. The monoisotopic (exact) mass is 324 g/mol. The van der Waals surface area contributed by atoms with Crippen molar-refractivity contribution in [2.24, 2.45) is 0 Å². The second-order valence-electron chi connectivity index (χ2n) is 6.69. The third-order valence-electron chi connectivity index (χ3n) is 4.36. The van der Waals surface area contributed by atoms with Gasteiger partial charge in [-0.1, -0.05) is 37.6 Å². The predicted octanol–water partition coefficient (Wildman–Crippen LogP) is 3.82. The van der Waals surface area contributed by atoms with E-state index in [1.54, 1.807) is 0 Å². The summed E-state index contributed by atoms with van der Waals surface area (Å²) in [6, 6.07) is 12.3. The van der Waals surface area contributed by atoms with Crippen molar-refractivity contribution in [1.82, 2.24) is 10.9 Å². The number of amides is 1. The summed E-state index contributed by atoms with van der Waals surface area (Å²) in [4.78, 5) is 12.1. The lowest BCUT2D eigenvalue weighted by atomic mass is 9.92.